The van der Waals surface area contributed by atoms with Gasteiger partial charge in [0, 0.05) is 26.2 Å². The summed E-state index contributed by atoms with van der Waals surface area (Å²) in [6, 6.07) is 26.7. The minimum Gasteiger partial charge on any atom is -0.304 e. The number of nitrogens with zero attached hydrogens (tertiary/aromatic N) is 2. The van der Waals surface area contributed by atoms with Gasteiger partial charge in [-0.15, -0.1) is 0 Å². The second-order valence-electron chi connectivity index (χ2n) is 6.72. The fraction of sp³-hybridized carbons (Fsp3) is 0.273. The average molecular weight is 316 g/mol. The van der Waals surface area contributed by atoms with Gasteiger partial charge in [0.1, 0.15) is 0 Å². The van der Waals surface area contributed by atoms with E-state index in [0.29, 0.717) is 6.04 Å². The van der Waals surface area contributed by atoms with Gasteiger partial charge < -0.3 is 4.90 Å². The lowest BCUT2D eigenvalue weighted by atomic mass is 9.92. The van der Waals surface area contributed by atoms with E-state index in [1.54, 1.807) is 0 Å². The van der Waals surface area contributed by atoms with Crippen molar-refractivity contribution in [2.24, 2.45) is 0 Å². The van der Waals surface area contributed by atoms with E-state index < -0.39 is 0 Å². The highest BCUT2D eigenvalue weighted by Gasteiger charge is 2.26. The Bertz CT molecular complexity index is 799. The van der Waals surface area contributed by atoms with Crippen LogP contribution in [0.4, 0.5) is 0 Å². The molecule has 0 radical (unpaired) electrons. The van der Waals surface area contributed by atoms with Crippen LogP contribution in [0.1, 0.15) is 17.2 Å². The lowest BCUT2D eigenvalue weighted by molar-refractivity contribution is 0.128. The van der Waals surface area contributed by atoms with E-state index in [0.717, 1.165) is 26.2 Å². The zero-order valence-electron chi connectivity index (χ0n) is 14.2. The number of hydrogen-bond donors (Lipinski definition) is 0. The van der Waals surface area contributed by atoms with Gasteiger partial charge in [-0.1, -0.05) is 72.8 Å². The molecule has 0 bridgehead atoms. The van der Waals surface area contributed by atoms with Crippen LogP contribution >= 0.6 is 0 Å². The quantitative estimate of drug-likeness (QED) is 0.715. The highest BCUT2D eigenvalue weighted by atomic mass is 15.3. The monoisotopic (exact) mass is 316 g/mol. The topological polar surface area (TPSA) is 6.48 Å². The lowest BCUT2D eigenvalue weighted by Crippen LogP contribution is -2.46. The van der Waals surface area contributed by atoms with Crippen molar-refractivity contribution in [1.29, 1.82) is 0 Å². The third kappa shape index (κ3) is 2.95. The molecule has 1 saturated heterocycles. The van der Waals surface area contributed by atoms with Crippen LogP contribution in [0.3, 0.4) is 0 Å². The summed E-state index contributed by atoms with van der Waals surface area (Å²) in [7, 11) is 2.22. The first-order valence-corrected chi connectivity index (χ1v) is 8.78. The lowest BCUT2D eigenvalue weighted by Gasteiger charge is -2.39. The van der Waals surface area contributed by atoms with Crippen molar-refractivity contribution in [2.75, 3.05) is 33.2 Å². The molecule has 3 aromatic rings. The minimum atomic E-state index is 0.325. The predicted octanol–water partition coefficient (Wildman–Crippen LogP) is 4.18. The summed E-state index contributed by atoms with van der Waals surface area (Å²) in [4.78, 5) is 5.05. The third-order valence-corrected chi connectivity index (χ3v) is 5.14. The molecule has 122 valence electrons. The highest BCUT2D eigenvalue weighted by Crippen LogP contribution is 2.34. The van der Waals surface area contributed by atoms with E-state index in [4.69, 9.17) is 0 Å². The van der Waals surface area contributed by atoms with Gasteiger partial charge >= 0.3 is 0 Å². The molecule has 0 spiro atoms. The molecule has 0 aromatic heterocycles. The molecule has 3 aromatic carbocycles. The van der Waals surface area contributed by atoms with Crippen LogP contribution in [0.5, 0.6) is 0 Å². The van der Waals surface area contributed by atoms with Crippen LogP contribution in [0.15, 0.2) is 72.8 Å². The van der Waals surface area contributed by atoms with E-state index in [1.807, 2.05) is 0 Å². The molecule has 0 amide bonds. The number of hydrogen-bond acceptors (Lipinski definition) is 2. The number of piperazine rings is 1. The van der Waals surface area contributed by atoms with Crippen molar-refractivity contribution in [3.8, 4) is 0 Å². The molecule has 0 aliphatic carbocycles. The van der Waals surface area contributed by atoms with E-state index in [-0.39, 0.29) is 0 Å². The Morgan fingerprint density at radius 3 is 2.17 bits per heavy atom. The number of likely N-dealkylation sites (N-methyl/N-ethyl adjacent to an activating group) is 1. The first kappa shape index (κ1) is 15.4. The highest BCUT2D eigenvalue weighted by molar-refractivity contribution is 5.86. The SMILES string of the molecule is CN1CCN(C(c2ccccc2)c2cccc3ccccc23)CC1. The molecular weight excluding hydrogens is 292 g/mol. The van der Waals surface area contributed by atoms with Crippen molar-refractivity contribution in [3.63, 3.8) is 0 Å². The van der Waals surface area contributed by atoms with Gasteiger partial charge in [-0.05, 0) is 28.9 Å². The normalized spacial score (nSPS) is 17.9. The fourth-order valence-corrected chi connectivity index (χ4v) is 3.79. The Morgan fingerprint density at radius 1 is 0.708 bits per heavy atom. The van der Waals surface area contributed by atoms with Crippen molar-refractivity contribution in [2.45, 2.75) is 6.04 Å². The molecule has 1 atom stereocenters. The second-order valence-corrected chi connectivity index (χ2v) is 6.72. The molecule has 0 saturated carbocycles. The Kier molecular flexibility index (Phi) is 4.33. The maximum absolute atomic E-state index is 2.64. The zero-order valence-corrected chi connectivity index (χ0v) is 14.2. The average Bonchev–Trinajstić information content (AvgIpc) is 2.65. The standard InChI is InChI=1S/C22H24N2/c1-23-14-16-24(17-15-23)22(19-9-3-2-4-10-19)21-13-7-11-18-8-5-6-12-20(18)21/h2-13,22H,14-17H2,1H3. The molecule has 0 N–H and O–H groups in total. The van der Waals surface area contributed by atoms with E-state index in [2.05, 4.69) is 89.6 Å². The summed E-state index contributed by atoms with van der Waals surface area (Å²) in [6.45, 7) is 4.49. The molecule has 24 heavy (non-hydrogen) atoms. The van der Waals surface area contributed by atoms with Gasteiger partial charge in [0.05, 0.1) is 6.04 Å². The van der Waals surface area contributed by atoms with Crippen LogP contribution in [0.25, 0.3) is 10.8 Å². The van der Waals surface area contributed by atoms with Crippen molar-refractivity contribution >= 4 is 10.8 Å². The van der Waals surface area contributed by atoms with Crippen LogP contribution in [-0.4, -0.2) is 43.0 Å². The van der Waals surface area contributed by atoms with E-state index >= 15 is 0 Å². The number of benzene rings is 3. The molecule has 2 nitrogen and oxygen atoms in total. The Morgan fingerprint density at radius 2 is 1.38 bits per heavy atom. The summed E-state index contributed by atoms with van der Waals surface area (Å²) < 4.78 is 0. The molecule has 1 unspecified atom stereocenters. The molecule has 1 aliphatic heterocycles. The first-order valence-electron chi connectivity index (χ1n) is 8.78. The predicted molar refractivity (Wildman–Crippen MR) is 101 cm³/mol. The molecule has 4 rings (SSSR count). The molecular formula is C22H24N2. The van der Waals surface area contributed by atoms with Gasteiger partial charge in [0.25, 0.3) is 0 Å². The first-order chi connectivity index (χ1) is 11.8. The zero-order chi connectivity index (χ0) is 16.4. The Balaban J connectivity index is 1.83. The Labute approximate surface area is 144 Å². The summed E-state index contributed by atoms with van der Waals surface area (Å²) in [5, 5.41) is 2.69. The summed E-state index contributed by atoms with van der Waals surface area (Å²) in [5.74, 6) is 0. The van der Waals surface area contributed by atoms with Crippen molar-refractivity contribution < 1.29 is 0 Å². The maximum Gasteiger partial charge on any atom is 0.0608 e. The number of rotatable bonds is 3. The van der Waals surface area contributed by atoms with Gasteiger partial charge in [-0.3, -0.25) is 4.90 Å². The molecule has 1 fully saturated rings. The molecule has 1 heterocycles. The van der Waals surface area contributed by atoms with Gasteiger partial charge in [-0.25, -0.2) is 0 Å². The van der Waals surface area contributed by atoms with Crippen LogP contribution in [0, 0.1) is 0 Å². The summed E-state index contributed by atoms with van der Waals surface area (Å²) in [5.41, 5.74) is 2.81. The third-order valence-electron chi connectivity index (χ3n) is 5.14. The van der Waals surface area contributed by atoms with Crippen molar-refractivity contribution in [3.05, 3.63) is 83.9 Å². The number of fused-ring (bicyclic) bond motifs is 1. The van der Waals surface area contributed by atoms with Gasteiger partial charge in [0.2, 0.25) is 0 Å². The van der Waals surface area contributed by atoms with Crippen LogP contribution in [-0.2, 0) is 0 Å². The smallest absolute Gasteiger partial charge is 0.0608 e. The molecule has 1 aliphatic rings. The van der Waals surface area contributed by atoms with E-state index in [9.17, 15) is 0 Å². The largest absolute Gasteiger partial charge is 0.304 e. The maximum atomic E-state index is 2.64. The fourth-order valence-electron chi connectivity index (χ4n) is 3.79. The van der Waals surface area contributed by atoms with E-state index in [1.165, 1.54) is 21.9 Å². The van der Waals surface area contributed by atoms with Crippen LogP contribution < -0.4 is 0 Å². The summed E-state index contributed by atoms with van der Waals surface area (Å²) >= 11 is 0. The molecule has 2 heteroatoms. The second kappa shape index (κ2) is 6.76. The minimum absolute atomic E-state index is 0.325. The Hall–Kier alpha value is -2.16. The van der Waals surface area contributed by atoms with Gasteiger partial charge in [0.15, 0.2) is 0 Å². The van der Waals surface area contributed by atoms with Gasteiger partial charge in [-0.2, -0.15) is 0 Å². The summed E-state index contributed by atoms with van der Waals surface area (Å²) in [6.07, 6.45) is 0. The van der Waals surface area contributed by atoms with Crippen molar-refractivity contribution in [1.82, 2.24) is 9.80 Å². The van der Waals surface area contributed by atoms with Crippen LogP contribution in [0.2, 0.25) is 0 Å².